The number of hydrogen-bond donors (Lipinski definition) is 2. The van der Waals surface area contributed by atoms with Crippen LogP contribution >= 0.6 is 19.9 Å². The molecule has 0 spiro atoms. The summed E-state index contributed by atoms with van der Waals surface area (Å²) in [6.45, 7) is -0.140. The summed E-state index contributed by atoms with van der Waals surface area (Å²) in [4.78, 5) is 25.3. The largest absolute Gasteiger partial charge is 0.386 e. The highest BCUT2D eigenvalue weighted by Gasteiger charge is 2.51. The van der Waals surface area contributed by atoms with Crippen LogP contribution in [-0.2, 0) is 28.2 Å². The Bertz CT molecular complexity index is 1980. The number of aromatic nitrogens is 5. The van der Waals surface area contributed by atoms with Crippen molar-refractivity contribution in [2.45, 2.75) is 34.6 Å². The van der Waals surface area contributed by atoms with Crippen LogP contribution in [0.1, 0.15) is 6.23 Å². The molecule has 0 radical (unpaired) electrons. The predicted molar refractivity (Wildman–Crippen MR) is 141 cm³/mol. The fourth-order valence-corrected chi connectivity index (χ4v) is 7.29. The topological polar surface area (TPSA) is 167 Å². The molecule has 3 unspecified atom stereocenters. The molecule has 5 atom stereocenters. The Morgan fingerprint density at radius 3 is 2.60 bits per heavy atom. The van der Waals surface area contributed by atoms with Gasteiger partial charge in [0.15, 0.2) is 17.4 Å². The second-order valence-electron chi connectivity index (χ2n) is 9.24. The summed E-state index contributed by atoms with van der Waals surface area (Å²) in [6.07, 6.45) is -3.26. The monoisotopic (exact) mass is 603 g/mol. The Hall–Kier alpha value is -3.36. The minimum Gasteiger partial charge on any atom is -0.386 e. The molecule has 5 aromatic rings. The third-order valence-electron chi connectivity index (χ3n) is 6.83. The van der Waals surface area contributed by atoms with E-state index in [2.05, 4.69) is 15.0 Å². The SMILES string of the molecule is O=c1c2nc(S(=O)(=O)c3ccc(Cl)cc3)n([C@@H]3OC4CO[PH](=O)O[C@H]4C3O)c2nc2[nH]c(-c3ccccc3)cn12. The number of sulfone groups is 1. The van der Waals surface area contributed by atoms with Crippen LogP contribution in [0.3, 0.4) is 0 Å². The lowest BCUT2D eigenvalue weighted by Gasteiger charge is -2.24. The maximum atomic E-state index is 13.8. The molecule has 5 heterocycles. The molecule has 7 rings (SSSR count). The highest BCUT2D eigenvalue weighted by Crippen LogP contribution is 2.44. The number of halogens is 1. The van der Waals surface area contributed by atoms with Gasteiger partial charge in [-0.05, 0) is 29.8 Å². The molecule has 0 amide bonds. The zero-order valence-electron chi connectivity index (χ0n) is 20.2. The minimum absolute atomic E-state index is 0.113. The van der Waals surface area contributed by atoms with Gasteiger partial charge in [-0.25, -0.2) is 17.8 Å². The van der Waals surface area contributed by atoms with E-state index in [1.807, 2.05) is 30.3 Å². The molecule has 0 aliphatic carbocycles. The number of aliphatic hydroxyl groups is 1. The molecule has 40 heavy (non-hydrogen) atoms. The van der Waals surface area contributed by atoms with Crippen LogP contribution in [0.4, 0.5) is 0 Å². The molecule has 2 N–H and O–H groups in total. The summed E-state index contributed by atoms with van der Waals surface area (Å²) in [5, 5.41) is 10.9. The molecule has 2 aromatic carbocycles. The second-order valence-corrected chi connectivity index (χ2v) is 12.5. The van der Waals surface area contributed by atoms with Gasteiger partial charge in [-0.3, -0.25) is 13.9 Å². The molecule has 13 nitrogen and oxygen atoms in total. The van der Waals surface area contributed by atoms with Gasteiger partial charge in [0, 0.05) is 11.2 Å². The zero-order chi connectivity index (χ0) is 27.8. The molecule has 2 fully saturated rings. The number of fused-ring (bicyclic) bond motifs is 3. The van der Waals surface area contributed by atoms with Gasteiger partial charge in [-0.15, -0.1) is 0 Å². The average Bonchev–Trinajstić information content (AvgIpc) is 3.64. The Balaban J connectivity index is 1.47. The number of aliphatic hydroxyl groups excluding tert-OH is 1. The Kier molecular flexibility index (Phi) is 5.98. The van der Waals surface area contributed by atoms with Gasteiger partial charge in [0.25, 0.3) is 5.56 Å². The lowest BCUT2D eigenvalue weighted by atomic mass is 10.1. The fraction of sp³-hybridized carbons (Fsp3) is 0.208. The van der Waals surface area contributed by atoms with Crippen molar-refractivity contribution < 1.29 is 31.9 Å². The van der Waals surface area contributed by atoms with E-state index in [-0.39, 0.29) is 28.4 Å². The van der Waals surface area contributed by atoms with Crippen LogP contribution in [-0.4, -0.2) is 62.4 Å². The van der Waals surface area contributed by atoms with Crippen molar-refractivity contribution in [3.63, 3.8) is 0 Å². The van der Waals surface area contributed by atoms with Crippen LogP contribution in [0, 0.1) is 0 Å². The van der Waals surface area contributed by atoms with Crippen LogP contribution in [0.2, 0.25) is 5.02 Å². The lowest BCUT2D eigenvalue weighted by Crippen LogP contribution is -2.37. The van der Waals surface area contributed by atoms with Crippen molar-refractivity contribution in [1.29, 1.82) is 0 Å². The molecule has 3 aromatic heterocycles. The standard InChI is InChI=1S/C24H19ClN5O8PS/c25-13-6-8-14(9-7-13)40(34,35)24-27-17-20(30(24)22-18(31)19-16(37-22)11-36-39(33)38-19)28-23-26-15(10-29(23)21(17)32)12-4-2-1-3-5-12/h1-10,16,18-19,22,31,39H,11H2,(H,26,28)/t16?,18?,19-,22-/m1/s1. The molecule has 2 aliphatic heterocycles. The van der Waals surface area contributed by atoms with Gasteiger partial charge in [-0.2, -0.15) is 4.98 Å². The van der Waals surface area contributed by atoms with E-state index in [1.165, 1.54) is 28.7 Å². The summed E-state index contributed by atoms with van der Waals surface area (Å²) in [5.74, 6) is 0.113. The smallest absolute Gasteiger partial charge is 0.319 e. The Morgan fingerprint density at radius 1 is 1.10 bits per heavy atom. The molecular weight excluding hydrogens is 585 g/mol. The van der Waals surface area contributed by atoms with E-state index in [9.17, 15) is 22.9 Å². The lowest BCUT2D eigenvalue weighted by molar-refractivity contribution is -0.0585. The molecule has 16 heteroatoms. The third kappa shape index (κ3) is 3.95. The van der Waals surface area contributed by atoms with E-state index in [0.29, 0.717) is 10.7 Å². The number of ether oxygens (including phenoxy) is 1. The Labute approximate surface area is 230 Å². The summed E-state index contributed by atoms with van der Waals surface area (Å²) >= 11 is 5.96. The maximum Gasteiger partial charge on any atom is 0.319 e. The van der Waals surface area contributed by atoms with Crippen molar-refractivity contribution >= 4 is 46.6 Å². The van der Waals surface area contributed by atoms with Gasteiger partial charge in [0.2, 0.25) is 20.8 Å². The first kappa shape index (κ1) is 25.6. The summed E-state index contributed by atoms with van der Waals surface area (Å²) < 4.78 is 58.2. The molecule has 2 saturated heterocycles. The second kappa shape index (κ2) is 9.35. The van der Waals surface area contributed by atoms with Crippen LogP contribution in [0.5, 0.6) is 0 Å². The summed E-state index contributed by atoms with van der Waals surface area (Å²) in [6, 6.07) is 14.6. The molecule has 206 valence electrons. The fourth-order valence-electron chi connectivity index (χ4n) is 4.92. The van der Waals surface area contributed by atoms with E-state index in [4.69, 9.17) is 25.4 Å². The Morgan fingerprint density at radius 2 is 1.85 bits per heavy atom. The van der Waals surface area contributed by atoms with Crippen molar-refractivity contribution in [3.05, 3.63) is 76.2 Å². The van der Waals surface area contributed by atoms with E-state index in [0.717, 1.165) is 10.1 Å². The van der Waals surface area contributed by atoms with Crippen molar-refractivity contribution in [3.8, 4) is 11.3 Å². The quantitative estimate of drug-likeness (QED) is 0.291. The number of nitrogens with zero attached hydrogens (tertiary/aromatic N) is 4. The van der Waals surface area contributed by atoms with Gasteiger partial charge in [-0.1, -0.05) is 41.9 Å². The van der Waals surface area contributed by atoms with Crippen molar-refractivity contribution in [2.24, 2.45) is 0 Å². The minimum atomic E-state index is -4.39. The molecular formula is C24H19ClN5O8PS. The number of hydrogen-bond acceptors (Lipinski definition) is 10. The van der Waals surface area contributed by atoms with Crippen molar-refractivity contribution in [1.82, 2.24) is 23.9 Å². The van der Waals surface area contributed by atoms with Gasteiger partial charge in [0.05, 0.1) is 17.2 Å². The number of nitrogens with one attached hydrogen (secondary N) is 1. The molecule has 0 bridgehead atoms. The van der Waals surface area contributed by atoms with Gasteiger partial charge in [0.1, 0.15) is 18.3 Å². The zero-order valence-corrected chi connectivity index (χ0v) is 22.7. The van der Waals surface area contributed by atoms with Crippen LogP contribution in [0.25, 0.3) is 28.2 Å². The van der Waals surface area contributed by atoms with E-state index < -0.39 is 53.3 Å². The van der Waals surface area contributed by atoms with E-state index in [1.54, 1.807) is 6.20 Å². The van der Waals surface area contributed by atoms with Crippen molar-refractivity contribution in [2.75, 3.05) is 6.61 Å². The number of benzene rings is 2. The normalized spacial score (nSPS) is 25.0. The molecule has 2 aliphatic rings. The summed E-state index contributed by atoms with van der Waals surface area (Å²) in [7, 11) is -7.26. The number of imidazole rings is 2. The maximum absolute atomic E-state index is 13.8. The van der Waals surface area contributed by atoms with Crippen LogP contribution in [0.15, 0.2) is 75.6 Å². The highest BCUT2D eigenvalue weighted by atomic mass is 35.5. The average molecular weight is 604 g/mol. The number of H-pyrrole nitrogens is 1. The van der Waals surface area contributed by atoms with Crippen LogP contribution < -0.4 is 5.56 Å². The predicted octanol–water partition coefficient (Wildman–Crippen LogP) is 2.59. The first-order valence-corrected chi connectivity index (χ1v) is 15.1. The number of aromatic amines is 1. The van der Waals surface area contributed by atoms with Gasteiger partial charge >= 0.3 is 8.25 Å². The summed E-state index contributed by atoms with van der Waals surface area (Å²) in [5.41, 5.74) is 0.344. The van der Waals surface area contributed by atoms with E-state index >= 15 is 0 Å². The first-order chi connectivity index (χ1) is 19.2. The van der Waals surface area contributed by atoms with Gasteiger partial charge < -0.3 is 23.9 Å². The molecule has 0 saturated carbocycles. The third-order valence-corrected chi connectivity index (χ3v) is 9.61. The number of rotatable bonds is 4. The highest BCUT2D eigenvalue weighted by molar-refractivity contribution is 7.91. The first-order valence-electron chi connectivity index (χ1n) is 12.0.